The molecule has 0 aliphatic heterocycles. The Morgan fingerprint density at radius 2 is 1.79 bits per heavy atom. The summed E-state index contributed by atoms with van der Waals surface area (Å²) in [4.78, 5) is 15.2. The number of aldehydes is 1. The number of hydrogen-bond acceptors (Lipinski definition) is 8. The molecule has 3 aromatic heterocycles. The van der Waals surface area contributed by atoms with Crippen LogP contribution in [0.15, 0.2) is 51.4 Å². The molecule has 0 saturated carbocycles. The van der Waals surface area contributed by atoms with E-state index in [0.29, 0.717) is 28.3 Å². The fourth-order valence-electron chi connectivity index (χ4n) is 2.46. The van der Waals surface area contributed by atoms with E-state index in [9.17, 15) is 13.6 Å². The van der Waals surface area contributed by atoms with Crippen LogP contribution >= 0.6 is 12.2 Å². The summed E-state index contributed by atoms with van der Waals surface area (Å²) in [6, 6.07) is 10.00. The minimum absolute atomic E-state index is 0.0431. The molecule has 29 heavy (non-hydrogen) atoms. The monoisotopic (exact) mass is 415 g/mol. The fourth-order valence-corrected chi connectivity index (χ4v) is 2.65. The molecule has 0 spiro atoms. The molecule has 0 bridgehead atoms. The van der Waals surface area contributed by atoms with E-state index in [-0.39, 0.29) is 17.3 Å². The Morgan fingerprint density at radius 1 is 1.03 bits per heavy atom. The third kappa shape index (κ3) is 3.99. The smallest absolute Gasteiger partial charge is 0.314 e. The minimum Gasteiger partial charge on any atom is -0.415 e. The molecular formula is C18H11F2N5O3S. The normalized spacial score (nSPS) is 11.1. The predicted molar refractivity (Wildman–Crippen MR) is 97.7 cm³/mol. The van der Waals surface area contributed by atoms with E-state index >= 15 is 0 Å². The summed E-state index contributed by atoms with van der Waals surface area (Å²) in [5.74, 6) is -0.473. The fraction of sp³-hybridized carbons (Fsp3) is 0.111. The number of pyridine rings is 1. The van der Waals surface area contributed by atoms with Gasteiger partial charge in [-0.05, 0) is 36.5 Å². The van der Waals surface area contributed by atoms with Crippen molar-refractivity contribution in [3.63, 3.8) is 0 Å². The number of benzene rings is 1. The zero-order valence-electron chi connectivity index (χ0n) is 14.5. The highest BCUT2D eigenvalue weighted by molar-refractivity contribution is 7.71. The number of nitrogens with zero attached hydrogens (tertiary/aromatic N) is 5. The van der Waals surface area contributed by atoms with Gasteiger partial charge in [-0.3, -0.25) is 9.78 Å². The highest BCUT2D eigenvalue weighted by Crippen LogP contribution is 2.23. The Labute approximate surface area is 166 Å². The number of alkyl halides is 2. The molecule has 146 valence electrons. The number of carbonyl (C=O) groups excluding carboxylic acids is 1. The van der Waals surface area contributed by atoms with Crippen LogP contribution in [0, 0.1) is 4.84 Å². The lowest BCUT2D eigenvalue weighted by atomic mass is 10.1. The molecule has 0 aliphatic rings. The van der Waals surface area contributed by atoms with Crippen molar-refractivity contribution in [3.8, 4) is 22.9 Å². The second-order valence-corrected chi connectivity index (χ2v) is 6.20. The maximum Gasteiger partial charge on any atom is 0.314 e. The molecule has 4 rings (SSSR count). The van der Waals surface area contributed by atoms with E-state index in [2.05, 4.69) is 20.3 Å². The lowest BCUT2D eigenvalue weighted by molar-refractivity contribution is 0.112. The van der Waals surface area contributed by atoms with Gasteiger partial charge in [0.2, 0.25) is 11.8 Å². The molecule has 3 heterocycles. The summed E-state index contributed by atoms with van der Waals surface area (Å²) < 4.78 is 37.0. The van der Waals surface area contributed by atoms with Crippen molar-refractivity contribution >= 4 is 18.5 Å². The van der Waals surface area contributed by atoms with Gasteiger partial charge in [0.25, 0.3) is 10.7 Å². The molecule has 0 aliphatic carbocycles. The summed E-state index contributed by atoms with van der Waals surface area (Å²) in [7, 11) is 0. The zero-order valence-corrected chi connectivity index (χ0v) is 15.3. The Kier molecular flexibility index (Phi) is 5.04. The van der Waals surface area contributed by atoms with Crippen molar-refractivity contribution in [2.24, 2.45) is 0 Å². The average molecular weight is 415 g/mol. The Hall–Kier alpha value is -3.60. The molecule has 0 atom stereocenters. The van der Waals surface area contributed by atoms with Gasteiger partial charge in [0, 0.05) is 17.3 Å². The molecule has 8 nitrogen and oxygen atoms in total. The first-order valence-corrected chi connectivity index (χ1v) is 8.65. The van der Waals surface area contributed by atoms with Crippen LogP contribution in [0.2, 0.25) is 0 Å². The molecular weight excluding hydrogens is 404 g/mol. The quantitative estimate of drug-likeness (QED) is 0.343. The molecule has 0 radical (unpaired) electrons. The van der Waals surface area contributed by atoms with Gasteiger partial charge in [-0.1, -0.05) is 12.1 Å². The third-order valence-electron chi connectivity index (χ3n) is 3.91. The first-order chi connectivity index (χ1) is 14.0. The summed E-state index contributed by atoms with van der Waals surface area (Å²) in [6.07, 6.45) is -0.655. The zero-order chi connectivity index (χ0) is 20.4. The molecule has 0 fully saturated rings. The lowest BCUT2D eigenvalue weighted by Gasteiger charge is -2.01. The van der Waals surface area contributed by atoms with Crippen LogP contribution in [-0.4, -0.2) is 31.2 Å². The van der Waals surface area contributed by atoms with Gasteiger partial charge < -0.3 is 8.83 Å². The van der Waals surface area contributed by atoms with E-state index in [1.54, 1.807) is 36.4 Å². The van der Waals surface area contributed by atoms with Crippen molar-refractivity contribution in [2.45, 2.75) is 13.0 Å². The molecule has 11 heteroatoms. The summed E-state index contributed by atoms with van der Waals surface area (Å²) in [6.45, 7) is 0.237. The first-order valence-electron chi connectivity index (χ1n) is 8.24. The highest BCUT2D eigenvalue weighted by atomic mass is 32.1. The number of rotatable bonds is 6. The van der Waals surface area contributed by atoms with Crippen LogP contribution in [0.1, 0.15) is 28.4 Å². The van der Waals surface area contributed by atoms with E-state index in [1.807, 2.05) is 0 Å². The van der Waals surface area contributed by atoms with Crippen LogP contribution in [0.3, 0.4) is 0 Å². The predicted octanol–water partition coefficient (Wildman–Crippen LogP) is 4.12. The second kappa shape index (κ2) is 7.80. The van der Waals surface area contributed by atoms with Gasteiger partial charge in [-0.25, -0.2) is 4.68 Å². The third-order valence-corrected chi connectivity index (χ3v) is 4.20. The number of halogens is 2. The van der Waals surface area contributed by atoms with Crippen LogP contribution in [0.5, 0.6) is 0 Å². The minimum atomic E-state index is -2.83. The SMILES string of the molecule is O=Cc1ccc(-c2nn(Cc3ccc(-c4nnc(C(F)F)o4)cn3)c(=S)o2)cc1. The topological polar surface area (TPSA) is 99.8 Å². The summed E-state index contributed by atoms with van der Waals surface area (Å²) in [5, 5.41) is 11.2. The van der Waals surface area contributed by atoms with Gasteiger partial charge >= 0.3 is 6.43 Å². The Bertz CT molecular complexity index is 1200. The first kappa shape index (κ1) is 18.7. The number of carbonyl (C=O) groups is 1. The Morgan fingerprint density at radius 3 is 2.41 bits per heavy atom. The second-order valence-electron chi connectivity index (χ2n) is 5.85. The summed E-state index contributed by atoms with van der Waals surface area (Å²) >= 11 is 5.20. The molecule has 4 aromatic rings. The van der Waals surface area contributed by atoms with Crippen molar-refractivity contribution in [2.75, 3.05) is 0 Å². The Balaban J connectivity index is 1.52. The van der Waals surface area contributed by atoms with E-state index in [4.69, 9.17) is 21.1 Å². The highest BCUT2D eigenvalue weighted by Gasteiger charge is 2.17. The van der Waals surface area contributed by atoms with Gasteiger partial charge in [-0.15, -0.1) is 15.3 Å². The van der Waals surface area contributed by atoms with Crippen LogP contribution in [-0.2, 0) is 6.54 Å². The molecule has 0 amide bonds. The van der Waals surface area contributed by atoms with Gasteiger partial charge in [0.15, 0.2) is 0 Å². The molecule has 1 aromatic carbocycles. The molecule has 0 unspecified atom stereocenters. The van der Waals surface area contributed by atoms with Crippen molar-refractivity contribution < 1.29 is 22.4 Å². The van der Waals surface area contributed by atoms with Crippen molar-refractivity contribution in [3.05, 3.63) is 64.6 Å². The standard InChI is InChI=1S/C18H11F2N5O3S/c19-14(20)17-23-22-15(27-17)12-5-6-13(21-7-12)8-25-18(29)28-16(24-25)11-3-1-10(9-26)2-4-11/h1-7,9,14H,8H2. The van der Waals surface area contributed by atoms with Gasteiger partial charge in [-0.2, -0.15) is 8.78 Å². The van der Waals surface area contributed by atoms with Gasteiger partial charge in [0.05, 0.1) is 17.8 Å². The molecule has 0 N–H and O–H groups in total. The lowest BCUT2D eigenvalue weighted by Crippen LogP contribution is -2.03. The maximum absolute atomic E-state index is 12.5. The van der Waals surface area contributed by atoms with Crippen LogP contribution in [0.4, 0.5) is 8.78 Å². The molecule has 0 saturated heterocycles. The van der Waals surface area contributed by atoms with Crippen LogP contribution < -0.4 is 0 Å². The summed E-state index contributed by atoms with van der Waals surface area (Å²) in [5.41, 5.74) is 2.23. The average Bonchev–Trinajstić information content (AvgIpc) is 3.36. The number of hydrogen-bond donors (Lipinski definition) is 0. The van der Waals surface area contributed by atoms with Crippen molar-refractivity contribution in [1.82, 2.24) is 25.0 Å². The van der Waals surface area contributed by atoms with Gasteiger partial charge in [0.1, 0.15) is 6.29 Å². The maximum atomic E-state index is 12.5. The van der Waals surface area contributed by atoms with E-state index in [0.717, 1.165) is 6.29 Å². The van der Waals surface area contributed by atoms with E-state index < -0.39 is 12.3 Å². The van der Waals surface area contributed by atoms with Crippen LogP contribution in [0.25, 0.3) is 22.9 Å². The number of aromatic nitrogens is 5. The van der Waals surface area contributed by atoms with Crippen molar-refractivity contribution in [1.29, 1.82) is 0 Å². The largest absolute Gasteiger partial charge is 0.415 e. The van der Waals surface area contributed by atoms with E-state index in [1.165, 1.54) is 10.9 Å².